The molecule has 0 aromatic carbocycles. The molecule has 16 heavy (non-hydrogen) atoms. The summed E-state index contributed by atoms with van der Waals surface area (Å²) in [6.07, 6.45) is 2.25. The Bertz CT molecular complexity index is 426. The number of nitrogens with one attached hydrogen (secondary N) is 1. The average molecular weight is 246 g/mol. The third kappa shape index (κ3) is 4.30. The molecule has 0 fully saturated rings. The van der Waals surface area contributed by atoms with E-state index in [1.807, 2.05) is 20.0 Å². The van der Waals surface area contributed by atoms with Crippen LogP contribution >= 0.6 is 0 Å². The van der Waals surface area contributed by atoms with Gasteiger partial charge >= 0.3 is 0 Å². The third-order valence-electron chi connectivity index (χ3n) is 2.36. The van der Waals surface area contributed by atoms with E-state index in [9.17, 15) is 8.42 Å². The summed E-state index contributed by atoms with van der Waals surface area (Å²) in [5.74, 6) is 0.0120. The van der Waals surface area contributed by atoms with Crippen LogP contribution in [0.4, 0.5) is 0 Å². The molecule has 7 heteroatoms. The Balaban J connectivity index is 2.32. The van der Waals surface area contributed by atoms with Crippen molar-refractivity contribution in [2.45, 2.75) is 19.4 Å². The monoisotopic (exact) mass is 246 g/mol. The first kappa shape index (κ1) is 13.1. The number of aryl methyl sites for hydroxylation is 1. The second-order valence-electron chi connectivity index (χ2n) is 3.78. The van der Waals surface area contributed by atoms with Crippen LogP contribution in [0.15, 0.2) is 12.3 Å². The van der Waals surface area contributed by atoms with E-state index in [2.05, 4.69) is 10.4 Å². The quantitative estimate of drug-likeness (QED) is 0.677. The van der Waals surface area contributed by atoms with Gasteiger partial charge in [0, 0.05) is 19.3 Å². The number of hydrogen-bond acceptors (Lipinski definition) is 4. The molecule has 0 spiro atoms. The lowest BCUT2D eigenvalue weighted by Crippen LogP contribution is -2.25. The summed E-state index contributed by atoms with van der Waals surface area (Å²) in [7, 11) is -1.47. The molecule has 1 rings (SSSR count). The minimum atomic E-state index is -3.34. The van der Waals surface area contributed by atoms with Crippen LogP contribution in [0, 0.1) is 0 Å². The molecule has 0 bridgehead atoms. The third-order valence-corrected chi connectivity index (χ3v) is 3.22. The first-order valence-corrected chi connectivity index (χ1v) is 6.83. The zero-order chi connectivity index (χ0) is 12.2. The molecule has 3 N–H and O–H groups in total. The summed E-state index contributed by atoms with van der Waals surface area (Å²) in [4.78, 5) is 0. The van der Waals surface area contributed by atoms with E-state index < -0.39 is 10.0 Å². The van der Waals surface area contributed by atoms with Crippen molar-refractivity contribution in [1.29, 1.82) is 0 Å². The molecule has 0 saturated heterocycles. The van der Waals surface area contributed by atoms with Crippen molar-refractivity contribution in [3.63, 3.8) is 0 Å². The minimum absolute atomic E-state index is 0.0120. The van der Waals surface area contributed by atoms with Gasteiger partial charge in [0.2, 0.25) is 10.0 Å². The van der Waals surface area contributed by atoms with Gasteiger partial charge in [0.1, 0.15) is 0 Å². The van der Waals surface area contributed by atoms with E-state index in [-0.39, 0.29) is 11.8 Å². The molecule has 0 amide bonds. The molecule has 1 unspecified atom stereocenters. The van der Waals surface area contributed by atoms with Crippen LogP contribution in [-0.2, 0) is 17.1 Å². The second-order valence-corrected chi connectivity index (χ2v) is 5.51. The molecule has 1 heterocycles. The van der Waals surface area contributed by atoms with Crippen LogP contribution in [0.2, 0.25) is 0 Å². The number of sulfonamides is 1. The lowest BCUT2D eigenvalue weighted by atomic mass is 10.2. The maximum Gasteiger partial charge on any atom is 0.209 e. The predicted molar refractivity (Wildman–Crippen MR) is 62.2 cm³/mol. The van der Waals surface area contributed by atoms with Crippen LogP contribution in [-0.4, -0.2) is 30.5 Å². The molecule has 0 radical (unpaired) electrons. The average Bonchev–Trinajstić information content (AvgIpc) is 2.57. The lowest BCUT2D eigenvalue weighted by molar-refractivity contribution is 0.526. The molecule has 6 nitrogen and oxygen atoms in total. The van der Waals surface area contributed by atoms with Crippen LogP contribution in [0.5, 0.6) is 0 Å². The number of nitrogens with zero attached hydrogens (tertiary/aromatic N) is 2. The van der Waals surface area contributed by atoms with Gasteiger partial charge < -0.3 is 5.32 Å². The zero-order valence-electron chi connectivity index (χ0n) is 9.55. The summed E-state index contributed by atoms with van der Waals surface area (Å²) in [6, 6.07) is 2.07. The van der Waals surface area contributed by atoms with Crippen LogP contribution in [0.3, 0.4) is 0 Å². The Morgan fingerprint density at radius 1 is 1.62 bits per heavy atom. The fraction of sp³-hybridized carbons (Fsp3) is 0.667. The Labute approximate surface area is 95.9 Å². The van der Waals surface area contributed by atoms with Crippen LogP contribution < -0.4 is 10.5 Å². The minimum Gasteiger partial charge on any atom is -0.309 e. The van der Waals surface area contributed by atoms with Crippen LogP contribution in [0.25, 0.3) is 0 Å². The summed E-state index contributed by atoms with van der Waals surface area (Å²) < 4.78 is 23.2. The summed E-state index contributed by atoms with van der Waals surface area (Å²) in [5, 5.41) is 12.2. The molecular formula is C9H18N4O2S. The molecule has 0 aliphatic rings. The molecule has 1 aromatic rings. The van der Waals surface area contributed by atoms with Gasteiger partial charge in [0.25, 0.3) is 0 Å². The van der Waals surface area contributed by atoms with Gasteiger partial charge in [-0.3, -0.25) is 4.68 Å². The van der Waals surface area contributed by atoms with Crippen molar-refractivity contribution in [3.8, 4) is 0 Å². The van der Waals surface area contributed by atoms with Gasteiger partial charge in [-0.2, -0.15) is 5.10 Å². The Kier molecular flexibility index (Phi) is 4.45. The van der Waals surface area contributed by atoms with Gasteiger partial charge in [-0.05, 0) is 26.0 Å². The Morgan fingerprint density at radius 3 is 2.81 bits per heavy atom. The standard InChI is InChI=1S/C9H18N4O2S/c1-8(9-4-6-12-13(9)2)11-5-3-7-16(10,14)15/h4,6,8,11H,3,5,7H2,1-2H3,(H2,10,14,15). The molecule has 0 aliphatic heterocycles. The van der Waals surface area contributed by atoms with Crippen molar-refractivity contribution < 1.29 is 8.42 Å². The number of primary sulfonamides is 1. The maximum absolute atomic E-state index is 10.7. The highest BCUT2D eigenvalue weighted by atomic mass is 32.2. The number of hydrogen-bond donors (Lipinski definition) is 2. The van der Waals surface area contributed by atoms with E-state index >= 15 is 0 Å². The van der Waals surface area contributed by atoms with Crippen molar-refractivity contribution in [3.05, 3.63) is 18.0 Å². The highest BCUT2D eigenvalue weighted by Crippen LogP contribution is 2.09. The smallest absolute Gasteiger partial charge is 0.209 e. The van der Waals surface area contributed by atoms with Crippen molar-refractivity contribution in [1.82, 2.24) is 15.1 Å². The van der Waals surface area contributed by atoms with Crippen molar-refractivity contribution in [2.24, 2.45) is 12.2 Å². The first-order chi connectivity index (χ1) is 7.40. The number of rotatable bonds is 6. The molecule has 1 atom stereocenters. The summed E-state index contributed by atoms with van der Waals surface area (Å²) in [5.41, 5.74) is 1.07. The SMILES string of the molecule is CC(NCCCS(N)(=O)=O)c1ccnn1C. The Hall–Kier alpha value is -0.920. The number of nitrogens with two attached hydrogens (primary N) is 1. The molecule has 0 saturated carbocycles. The zero-order valence-corrected chi connectivity index (χ0v) is 10.4. The van der Waals surface area contributed by atoms with E-state index in [0.717, 1.165) is 5.69 Å². The second kappa shape index (κ2) is 5.42. The molecular weight excluding hydrogens is 228 g/mol. The van der Waals surface area contributed by atoms with Gasteiger partial charge in [0.15, 0.2) is 0 Å². The first-order valence-electron chi connectivity index (χ1n) is 5.12. The lowest BCUT2D eigenvalue weighted by Gasteiger charge is -2.13. The molecule has 1 aromatic heterocycles. The fourth-order valence-corrected chi connectivity index (χ4v) is 2.05. The number of aromatic nitrogens is 2. The van der Waals surface area contributed by atoms with Crippen molar-refractivity contribution in [2.75, 3.05) is 12.3 Å². The fourth-order valence-electron chi connectivity index (χ4n) is 1.51. The maximum atomic E-state index is 10.7. The molecule has 92 valence electrons. The summed E-state index contributed by atoms with van der Waals surface area (Å²) in [6.45, 7) is 2.62. The van der Waals surface area contributed by atoms with Crippen molar-refractivity contribution >= 4 is 10.0 Å². The largest absolute Gasteiger partial charge is 0.309 e. The van der Waals surface area contributed by atoms with E-state index in [1.54, 1.807) is 10.9 Å². The van der Waals surface area contributed by atoms with Crippen LogP contribution in [0.1, 0.15) is 25.1 Å². The van der Waals surface area contributed by atoms with Gasteiger partial charge in [-0.25, -0.2) is 13.6 Å². The summed E-state index contributed by atoms with van der Waals surface area (Å²) >= 11 is 0. The highest BCUT2D eigenvalue weighted by molar-refractivity contribution is 7.89. The van der Waals surface area contributed by atoms with Gasteiger partial charge in [-0.1, -0.05) is 0 Å². The van der Waals surface area contributed by atoms with Gasteiger partial charge in [0.05, 0.1) is 11.4 Å². The normalized spacial score (nSPS) is 13.9. The van der Waals surface area contributed by atoms with E-state index in [0.29, 0.717) is 13.0 Å². The Morgan fingerprint density at radius 2 is 2.31 bits per heavy atom. The van der Waals surface area contributed by atoms with E-state index in [1.165, 1.54) is 0 Å². The predicted octanol–water partition coefficient (Wildman–Crippen LogP) is -0.251. The molecule has 0 aliphatic carbocycles. The highest BCUT2D eigenvalue weighted by Gasteiger charge is 2.08. The van der Waals surface area contributed by atoms with Gasteiger partial charge in [-0.15, -0.1) is 0 Å². The van der Waals surface area contributed by atoms with E-state index in [4.69, 9.17) is 5.14 Å². The topological polar surface area (TPSA) is 90.0 Å².